The first kappa shape index (κ1) is 20.8. The number of hydrogen-bond donors (Lipinski definition) is 1. The van der Waals surface area contributed by atoms with Gasteiger partial charge < -0.3 is 10.2 Å². The molecule has 0 bridgehead atoms. The summed E-state index contributed by atoms with van der Waals surface area (Å²) >= 11 is 0. The first-order valence-electron chi connectivity index (χ1n) is 8.74. The Bertz CT molecular complexity index is 1010. The summed E-state index contributed by atoms with van der Waals surface area (Å²) in [6.07, 6.45) is 0. The third-order valence-corrected chi connectivity index (χ3v) is 4.59. The minimum atomic E-state index is -0.618. The number of rotatable bonds is 5. The molecule has 8 nitrogen and oxygen atoms in total. The number of para-hydroxylation sites is 1. The van der Waals surface area contributed by atoms with Gasteiger partial charge in [-0.05, 0) is 44.4 Å². The maximum Gasteiger partial charge on any atom is 0.285 e. The molecule has 2 aromatic rings. The lowest BCUT2D eigenvalue weighted by atomic mass is 10.1. The van der Waals surface area contributed by atoms with Gasteiger partial charge in [0.2, 0.25) is 11.8 Å². The summed E-state index contributed by atoms with van der Waals surface area (Å²) in [5.41, 5.74) is 2.92. The van der Waals surface area contributed by atoms with E-state index < -0.39 is 11.5 Å². The van der Waals surface area contributed by atoms with E-state index in [1.165, 1.54) is 11.9 Å². The monoisotopic (exact) mass is 381 g/mol. The number of nitrogens with one attached hydrogen (secondary N) is 1. The highest BCUT2D eigenvalue weighted by molar-refractivity contribution is 5.95. The summed E-state index contributed by atoms with van der Waals surface area (Å²) in [4.78, 5) is 38.3. The molecule has 8 heteroatoms. The lowest BCUT2D eigenvalue weighted by Crippen LogP contribution is -2.40. The molecule has 0 aliphatic heterocycles. The molecule has 1 N–H and O–H groups in total. The van der Waals surface area contributed by atoms with Crippen LogP contribution in [0.3, 0.4) is 0 Å². The Morgan fingerprint density at radius 1 is 1.21 bits per heavy atom. The number of carbonyl (C=O) groups is 2. The molecule has 0 spiro atoms. The number of likely N-dealkylation sites (N-methyl/N-ethyl adjacent to an activating group) is 1. The Morgan fingerprint density at radius 3 is 2.39 bits per heavy atom. The number of benzene rings is 1. The van der Waals surface area contributed by atoms with E-state index in [1.807, 2.05) is 38.1 Å². The van der Waals surface area contributed by atoms with Crippen molar-refractivity contribution >= 4 is 17.5 Å². The Morgan fingerprint density at radius 2 is 1.82 bits per heavy atom. The van der Waals surface area contributed by atoms with Crippen LogP contribution in [0.5, 0.6) is 0 Å². The Hall–Kier alpha value is -3.47. The first-order chi connectivity index (χ1) is 13.1. The second-order valence-corrected chi connectivity index (χ2v) is 6.72. The van der Waals surface area contributed by atoms with Crippen LogP contribution in [0.2, 0.25) is 0 Å². The molecule has 0 atom stereocenters. The lowest BCUT2D eigenvalue weighted by molar-refractivity contribution is -0.134. The number of nitrogens with zero attached hydrogens (tertiary/aromatic N) is 4. The van der Waals surface area contributed by atoms with Crippen molar-refractivity contribution in [2.24, 2.45) is 0 Å². The van der Waals surface area contributed by atoms with Crippen LogP contribution in [0, 0.1) is 39.0 Å². The van der Waals surface area contributed by atoms with E-state index in [0.29, 0.717) is 11.3 Å². The van der Waals surface area contributed by atoms with Crippen LogP contribution in [-0.4, -0.2) is 40.1 Å². The van der Waals surface area contributed by atoms with Crippen LogP contribution in [0.4, 0.5) is 5.69 Å². The van der Waals surface area contributed by atoms with Crippen molar-refractivity contribution in [2.45, 2.75) is 34.2 Å². The minimum Gasteiger partial charge on any atom is -0.335 e. The van der Waals surface area contributed by atoms with E-state index in [4.69, 9.17) is 5.26 Å². The SMILES string of the molecule is Cc1cccc(C)c1NC(=O)CN(C)C(=O)Cn1nc(C)c(C)c(C#N)c1=O. The molecule has 0 fully saturated rings. The highest BCUT2D eigenvalue weighted by Crippen LogP contribution is 2.19. The van der Waals surface area contributed by atoms with Crippen LogP contribution >= 0.6 is 0 Å². The highest BCUT2D eigenvalue weighted by Gasteiger charge is 2.18. The van der Waals surface area contributed by atoms with Gasteiger partial charge in [-0.2, -0.15) is 10.4 Å². The zero-order valence-corrected chi connectivity index (χ0v) is 16.7. The third kappa shape index (κ3) is 4.43. The normalized spacial score (nSPS) is 10.3. The van der Waals surface area contributed by atoms with Crippen molar-refractivity contribution in [1.29, 1.82) is 5.26 Å². The Balaban J connectivity index is 2.10. The van der Waals surface area contributed by atoms with E-state index >= 15 is 0 Å². The number of aromatic nitrogens is 2. The predicted octanol–water partition coefficient (Wildman–Crippen LogP) is 1.45. The van der Waals surface area contributed by atoms with Crippen molar-refractivity contribution in [3.05, 3.63) is 56.5 Å². The molecule has 0 aliphatic carbocycles. The second kappa shape index (κ2) is 8.48. The van der Waals surface area contributed by atoms with Gasteiger partial charge in [-0.25, -0.2) is 4.68 Å². The molecule has 2 rings (SSSR count). The van der Waals surface area contributed by atoms with E-state index in [-0.39, 0.29) is 24.6 Å². The average Bonchev–Trinajstić information content (AvgIpc) is 2.63. The van der Waals surface area contributed by atoms with Gasteiger partial charge in [0.1, 0.15) is 18.2 Å². The van der Waals surface area contributed by atoms with Crippen LogP contribution in [0.1, 0.15) is 27.9 Å². The first-order valence-corrected chi connectivity index (χ1v) is 8.74. The summed E-state index contributed by atoms with van der Waals surface area (Å²) in [7, 11) is 1.48. The smallest absolute Gasteiger partial charge is 0.285 e. The van der Waals surface area contributed by atoms with Crippen LogP contribution in [0.25, 0.3) is 0 Å². The quantitative estimate of drug-likeness (QED) is 0.843. The van der Waals surface area contributed by atoms with Crippen LogP contribution in [0.15, 0.2) is 23.0 Å². The number of hydrogen-bond acceptors (Lipinski definition) is 5. The van der Waals surface area contributed by atoms with Gasteiger partial charge in [-0.15, -0.1) is 0 Å². The van der Waals surface area contributed by atoms with Crippen LogP contribution in [-0.2, 0) is 16.1 Å². The van der Waals surface area contributed by atoms with Gasteiger partial charge in [0.15, 0.2) is 0 Å². The molecule has 0 radical (unpaired) electrons. The Kier molecular flexibility index (Phi) is 6.31. The van der Waals surface area contributed by atoms with Gasteiger partial charge in [-0.1, -0.05) is 18.2 Å². The van der Waals surface area contributed by atoms with Gasteiger partial charge in [0.25, 0.3) is 5.56 Å². The number of anilines is 1. The summed E-state index contributed by atoms with van der Waals surface area (Å²) in [5.74, 6) is -0.801. The molecule has 28 heavy (non-hydrogen) atoms. The fraction of sp³-hybridized carbons (Fsp3) is 0.350. The molecule has 1 heterocycles. The van der Waals surface area contributed by atoms with Gasteiger partial charge in [-0.3, -0.25) is 14.4 Å². The molecule has 0 saturated carbocycles. The molecule has 1 aromatic heterocycles. The number of nitriles is 1. The zero-order chi connectivity index (χ0) is 21.0. The molecule has 146 valence electrons. The van der Waals surface area contributed by atoms with Crippen molar-refractivity contribution in [1.82, 2.24) is 14.7 Å². The van der Waals surface area contributed by atoms with Gasteiger partial charge in [0, 0.05) is 12.7 Å². The van der Waals surface area contributed by atoms with Crippen molar-refractivity contribution in [3.8, 4) is 6.07 Å². The average molecular weight is 381 g/mol. The largest absolute Gasteiger partial charge is 0.335 e. The summed E-state index contributed by atoms with van der Waals surface area (Å²) in [5, 5.41) is 16.0. The number of aryl methyl sites for hydroxylation is 3. The summed E-state index contributed by atoms with van der Waals surface area (Å²) in [6, 6.07) is 7.54. The summed E-state index contributed by atoms with van der Waals surface area (Å²) < 4.78 is 0.961. The maximum absolute atomic E-state index is 12.4. The highest BCUT2D eigenvalue weighted by atomic mass is 16.2. The van der Waals surface area contributed by atoms with Crippen molar-refractivity contribution in [2.75, 3.05) is 18.9 Å². The molecule has 0 saturated heterocycles. The molecular weight excluding hydrogens is 358 g/mol. The number of amides is 2. The van der Waals surface area contributed by atoms with E-state index in [2.05, 4.69) is 10.4 Å². The Labute approximate surface area is 163 Å². The fourth-order valence-electron chi connectivity index (χ4n) is 2.75. The second-order valence-electron chi connectivity index (χ2n) is 6.72. The summed E-state index contributed by atoms with van der Waals surface area (Å²) in [6.45, 7) is 6.57. The fourth-order valence-corrected chi connectivity index (χ4v) is 2.75. The van der Waals surface area contributed by atoms with E-state index in [1.54, 1.807) is 13.8 Å². The zero-order valence-electron chi connectivity index (χ0n) is 16.7. The standard InChI is InChI=1S/C20H23N5O3/c1-12-7-6-8-13(2)19(12)22-17(26)10-24(5)18(27)11-25-20(28)16(9-21)14(3)15(4)23-25/h6-8H,10-11H2,1-5H3,(H,22,26). The van der Waals surface area contributed by atoms with Crippen molar-refractivity contribution in [3.63, 3.8) is 0 Å². The molecule has 0 aliphatic rings. The predicted molar refractivity (Wildman–Crippen MR) is 105 cm³/mol. The maximum atomic E-state index is 12.4. The van der Waals surface area contributed by atoms with Crippen molar-refractivity contribution < 1.29 is 9.59 Å². The molecule has 2 amide bonds. The molecule has 1 aromatic carbocycles. The minimum absolute atomic E-state index is 0.0317. The van der Waals surface area contributed by atoms with E-state index in [9.17, 15) is 14.4 Å². The lowest BCUT2D eigenvalue weighted by Gasteiger charge is -2.18. The number of carbonyl (C=O) groups excluding carboxylic acids is 2. The third-order valence-electron chi connectivity index (χ3n) is 4.59. The topological polar surface area (TPSA) is 108 Å². The van der Waals surface area contributed by atoms with Gasteiger partial charge >= 0.3 is 0 Å². The molecular formula is C20H23N5O3. The molecule has 0 unspecified atom stereocenters. The van der Waals surface area contributed by atoms with Gasteiger partial charge in [0.05, 0.1) is 12.2 Å². The van der Waals surface area contributed by atoms with Crippen LogP contribution < -0.4 is 10.9 Å². The van der Waals surface area contributed by atoms with E-state index in [0.717, 1.165) is 21.5 Å².